The minimum Gasteiger partial charge on any atom is -0.458 e. The fourth-order valence-corrected chi connectivity index (χ4v) is 7.83. The minimum absolute atomic E-state index is 0.0344. The van der Waals surface area contributed by atoms with Crippen molar-refractivity contribution >= 4 is 21.7 Å². The van der Waals surface area contributed by atoms with E-state index in [1.807, 2.05) is 45.0 Å². The Morgan fingerprint density at radius 1 is 0.979 bits per heavy atom. The molecule has 1 aromatic heterocycles. The van der Waals surface area contributed by atoms with E-state index in [0.717, 1.165) is 35.7 Å². The van der Waals surface area contributed by atoms with Crippen molar-refractivity contribution in [2.24, 2.45) is 5.73 Å². The Kier molecular flexibility index (Phi) is 14.7. The zero-order valence-corrected chi connectivity index (χ0v) is 29.2. The van der Waals surface area contributed by atoms with Crippen LogP contribution < -0.4 is 16.4 Å². The predicted octanol–water partition coefficient (Wildman–Crippen LogP) is 4.89. The highest BCUT2D eigenvalue weighted by molar-refractivity contribution is 7.92. The average molecular weight is 691 g/mol. The molecule has 3 atom stereocenters. The third-order valence-corrected chi connectivity index (χ3v) is 10.5. The van der Waals surface area contributed by atoms with E-state index in [1.54, 1.807) is 6.92 Å². The van der Waals surface area contributed by atoms with Crippen LogP contribution >= 0.6 is 0 Å². The van der Waals surface area contributed by atoms with E-state index in [1.165, 1.54) is 6.92 Å². The van der Waals surface area contributed by atoms with Crippen LogP contribution in [0.5, 0.6) is 0 Å². The second-order valence-corrected chi connectivity index (χ2v) is 14.5. The molecule has 0 spiro atoms. The molecule has 1 amide bonds. The van der Waals surface area contributed by atoms with Crippen LogP contribution in [0.2, 0.25) is 0 Å². The summed E-state index contributed by atoms with van der Waals surface area (Å²) in [5, 5.41) is 8.86. The van der Waals surface area contributed by atoms with Crippen LogP contribution in [0.4, 0.5) is 8.78 Å². The summed E-state index contributed by atoms with van der Waals surface area (Å²) in [4.78, 5) is 27.2. The zero-order valence-electron chi connectivity index (χ0n) is 28.4. The molecule has 2 aromatic carbocycles. The Labute approximate surface area is 282 Å². The van der Waals surface area contributed by atoms with Crippen LogP contribution in [0.1, 0.15) is 85.0 Å². The van der Waals surface area contributed by atoms with Crippen LogP contribution in [0, 0.1) is 25.5 Å². The summed E-state index contributed by atoms with van der Waals surface area (Å²) in [5.74, 6) is -3.79. The quantitative estimate of drug-likeness (QED) is 0.149. The van der Waals surface area contributed by atoms with Crippen LogP contribution in [0.25, 0.3) is 0 Å². The molecule has 4 N–H and O–H groups in total. The van der Waals surface area contributed by atoms with Gasteiger partial charge in [0.1, 0.15) is 35.1 Å². The fraction of sp³-hybridized carbons (Fsp3) is 0.514. The lowest BCUT2D eigenvalue weighted by Crippen LogP contribution is -2.52. The van der Waals surface area contributed by atoms with Crippen LogP contribution in [-0.4, -0.2) is 61.2 Å². The van der Waals surface area contributed by atoms with E-state index in [0.29, 0.717) is 32.2 Å². The first-order valence-electron chi connectivity index (χ1n) is 16.4. The Morgan fingerprint density at radius 3 is 2.21 bits per heavy atom. The van der Waals surface area contributed by atoms with E-state index >= 15 is 0 Å². The van der Waals surface area contributed by atoms with Crippen LogP contribution in [-0.2, 0) is 38.8 Å². The van der Waals surface area contributed by atoms with Gasteiger partial charge < -0.3 is 25.6 Å². The Morgan fingerprint density at radius 2 is 1.62 bits per heavy atom. The molecule has 10 nitrogen and oxygen atoms in total. The smallest absolute Gasteiger partial charge is 0.330 e. The van der Waals surface area contributed by atoms with E-state index < -0.39 is 62.5 Å². The Balaban J connectivity index is 1.91. The number of carbonyl (C=O) groups is 2. The first-order valence-corrected chi connectivity index (χ1v) is 18.1. The SMILES string of the molecule is CCCC(CCC)S(=O)(=O)CC(NC(=O)c1c(C)noc1C)C(=O)O[C@H](CNCc1cccc(CC)c1)[C@@H](N)Cc1cc(F)cc(F)c1. The van der Waals surface area contributed by atoms with Crippen molar-refractivity contribution in [2.75, 3.05) is 12.3 Å². The van der Waals surface area contributed by atoms with Gasteiger partial charge in [-0.1, -0.05) is 63.0 Å². The number of rotatable bonds is 19. The molecular weight excluding hydrogens is 642 g/mol. The highest BCUT2D eigenvalue weighted by Gasteiger charge is 2.36. The molecule has 0 saturated heterocycles. The summed E-state index contributed by atoms with van der Waals surface area (Å²) in [7, 11) is -3.88. The summed E-state index contributed by atoms with van der Waals surface area (Å²) in [6.07, 6.45) is 1.77. The highest BCUT2D eigenvalue weighted by atomic mass is 32.2. The number of hydrogen-bond acceptors (Lipinski definition) is 9. The molecule has 0 aliphatic carbocycles. The highest BCUT2D eigenvalue weighted by Crippen LogP contribution is 2.19. The van der Waals surface area contributed by atoms with E-state index in [9.17, 15) is 26.8 Å². The monoisotopic (exact) mass is 690 g/mol. The molecule has 0 bridgehead atoms. The summed E-state index contributed by atoms with van der Waals surface area (Å²) in [6, 6.07) is 8.43. The Hall–Kier alpha value is -3.68. The van der Waals surface area contributed by atoms with Gasteiger partial charge in [-0.3, -0.25) is 4.79 Å². The summed E-state index contributed by atoms with van der Waals surface area (Å²) >= 11 is 0. The number of sulfone groups is 1. The molecular formula is C35H48F2N4O6S. The lowest BCUT2D eigenvalue weighted by Gasteiger charge is -2.28. The van der Waals surface area contributed by atoms with Crippen LogP contribution in [0.3, 0.4) is 0 Å². The first-order chi connectivity index (χ1) is 22.8. The molecule has 1 unspecified atom stereocenters. The molecule has 3 rings (SSSR count). The number of hydrogen-bond donors (Lipinski definition) is 3. The number of esters is 1. The van der Waals surface area contributed by atoms with Gasteiger partial charge in [-0.25, -0.2) is 22.0 Å². The third-order valence-electron chi connectivity index (χ3n) is 8.19. The number of aromatic nitrogens is 1. The van der Waals surface area contributed by atoms with Gasteiger partial charge in [0.05, 0.1) is 16.7 Å². The number of nitrogens with zero attached hydrogens (tertiary/aromatic N) is 1. The Bertz CT molecular complexity index is 1580. The van der Waals surface area contributed by atoms with Crippen molar-refractivity contribution in [2.45, 2.75) is 103 Å². The average Bonchev–Trinajstić information content (AvgIpc) is 3.36. The van der Waals surface area contributed by atoms with Crippen LogP contribution in [0.15, 0.2) is 47.0 Å². The number of amides is 1. The maximum atomic E-state index is 14.0. The van der Waals surface area contributed by atoms with Gasteiger partial charge >= 0.3 is 5.97 Å². The van der Waals surface area contributed by atoms with Gasteiger partial charge in [0.15, 0.2) is 9.84 Å². The van der Waals surface area contributed by atoms with Gasteiger partial charge in [0, 0.05) is 25.2 Å². The molecule has 264 valence electrons. The van der Waals surface area contributed by atoms with Gasteiger partial charge in [-0.05, 0) is 68.4 Å². The standard InChI is InChI=1S/C35H48F2N4O6S/c1-6-10-29(11-7-2)48(44,45)21-31(40-34(42)33-22(4)41-47-23(33)5)35(43)46-32(20-39-19-25-13-9-12-24(8-3)14-25)30(38)17-26-15-27(36)18-28(37)16-26/h9,12-16,18,29-32,39H,6-8,10-11,17,19-21,38H2,1-5H3,(H,40,42)/t30-,31?,32+/m0/s1. The lowest BCUT2D eigenvalue weighted by atomic mass is 10.0. The second kappa shape index (κ2) is 18.2. The maximum absolute atomic E-state index is 14.0. The molecule has 0 fully saturated rings. The molecule has 48 heavy (non-hydrogen) atoms. The van der Waals surface area contributed by atoms with Gasteiger partial charge in [-0.15, -0.1) is 0 Å². The van der Waals surface area contributed by atoms with Gasteiger partial charge in [0.2, 0.25) is 0 Å². The first kappa shape index (κ1) is 38.8. The third kappa shape index (κ3) is 11.2. The number of nitrogens with one attached hydrogen (secondary N) is 2. The number of halogens is 2. The normalized spacial score (nSPS) is 13.7. The minimum atomic E-state index is -3.88. The van der Waals surface area contributed by atoms with E-state index in [2.05, 4.69) is 15.8 Å². The largest absolute Gasteiger partial charge is 0.458 e. The molecule has 13 heteroatoms. The number of ether oxygens (including phenoxy) is 1. The van der Waals surface area contributed by atoms with Crippen molar-refractivity contribution in [3.8, 4) is 0 Å². The fourth-order valence-electron chi connectivity index (χ4n) is 5.68. The summed E-state index contributed by atoms with van der Waals surface area (Å²) < 4.78 is 66.2. The molecule has 1 heterocycles. The molecule has 0 aliphatic rings. The summed E-state index contributed by atoms with van der Waals surface area (Å²) in [6.45, 7) is 9.33. The molecule has 0 saturated carbocycles. The maximum Gasteiger partial charge on any atom is 0.330 e. The second-order valence-electron chi connectivity index (χ2n) is 12.2. The van der Waals surface area contributed by atoms with Crippen molar-refractivity contribution in [1.82, 2.24) is 15.8 Å². The number of carbonyl (C=O) groups excluding carboxylic acids is 2. The van der Waals surface area contributed by atoms with Gasteiger partial charge in [0.25, 0.3) is 5.91 Å². The predicted molar refractivity (Wildman–Crippen MR) is 180 cm³/mol. The topological polar surface area (TPSA) is 154 Å². The molecule has 0 radical (unpaired) electrons. The van der Waals surface area contributed by atoms with E-state index in [4.69, 9.17) is 15.0 Å². The number of nitrogens with two attached hydrogens (primary N) is 1. The number of benzene rings is 2. The zero-order chi connectivity index (χ0) is 35.4. The summed E-state index contributed by atoms with van der Waals surface area (Å²) in [5.41, 5.74) is 9.24. The van der Waals surface area contributed by atoms with Crippen molar-refractivity contribution in [3.05, 3.63) is 87.8 Å². The van der Waals surface area contributed by atoms with Gasteiger partial charge in [-0.2, -0.15) is 0 Å². The van der Waals surface area contributed by atoms with Crippen molar-refractivity contribution in [3.63, 3.8) is 0 Å². The molecule has 0 aliphatic heterocycles. The molecule has 3 aromatic rings. The number of aryl methyl sites for hydroxylation is 3. The van der Waals surface area contributed by atoms with Crippen molar-refractivity contribution < 1.29 is 36.0 Å². The lowest BCUT2D eigenvalue weighted by molar-refractivity contribution is -0.151. The van der Waals surface area contributed by atoms with E-state index in [-0.39, 0.29) is 35.5 Å². The van der Waals surface area contributed by atoms with Crippen molar-refractivity contribution in [1.29, 1.82) is 0 Å².